The summed E-state index contributed by atoms with van der Waals surface area (Å²) < 4.78 is 7.80. The molecule has 0 fully saturated rings. The van der Waals surface area contributed by atoms with Gasteiger partial charge < -0.3 is 4.74 Å². The first-order valence-electron chi connectivity index (χ1n) is 6.16. The van der Waals surface area contributed by atoms with Gasteiger partial charge in [0.25, 0.3) is 0 Å². The van der Waals surface area contributed by atoms with Gasteiger partial charge in [0, 0.05) is 42.7 Å². The molecule has 0 aliphatic rings. The van der Waals surface area contributed by atoms with E-state index >= 15 is 0 Å². The Morgan fingerprint density at radius 1 is 1.44 bits per heavy atom. The maximum Gasteiger partial charge on any atom is 0.154 e. The molecule has 2 rings (SSSR count). The van der Waals surface area contributed by atoms with E-state index in [2.05, 4.69) is 50.2 Å². The van der Waals surface area contributed by atoms with Crippen molar-refractivity contribution < 1.29 is 4.74 Å². The topological polar surface area (TPSA) is 27.1 Å². The fraction of sp³-hybridized carbons (Fsp3) is 0.462. The zero-order chi connectivity index (χ0) is 13.5. The van der Waals surface area contributed by atoms with Gasteiger partial charge in [0.05, 0.1) is 12.0 Å². The van der Waals surface area contributed by atoms with Crippen LogP contribution >= 0.6 is 30.3 Å². The molecule has 0 saturated carbocycles. The second-order valence-corrected chi connectivity index (χ2v) is 5.28. The molecule has 2 aromatic rings. The Kier molecular flexibility index (Phi) is 6.85. The molecule has 5 heteroatoms. The van der Waals surface area contributed by atoms with E-state index in [9.17, 15) is 0 Å². The van der Waals surface area contributed by atoms with E-state index in [4.69, 9.17) is 4.74 Å². The van der Waals surface area contributed by atoms with Crippen molar-refractivity contribution in [2.75, 3.05) is 6.61 Å². The van der Waals surface area contributed by atoms with Gasteiger partial charge in [0.2, 0.25) is 0 Å². The monoisotopic (exact) mass is 378 g/mol. The van der Waals surface area contributed by atoms with Crippen molar-refractivity contribution in [1.82, 2.24) is 8.96 Å². The van der Waals surface area contributed by atoms with Gasteiger partial charge in [-0.25, -0.2) is 4.98 Å². The highest BCUT2D eigenvalue weighted by Gasteiger charge is 2.11. The van der Waals surface area contributed by atoms with E-state index in [1.54, 1.807) is 15.3 Å². The number of pyridine rings is 1. The van der Waals surface area contributed by atoms with E-state index in [1.165, 1.54) is 5.56 Å². The van der Waals surface area contributed by atoms with Gasteiger partial charge in [-0.15, -0.1) is 0 Å². The van der Waals surface area contributed by atoms with Gasteiger partial charge in [0.1, 0.15) is 5.75 Å². The highest BCUT2D eigenvalue weighted by molar-refractivity contribution is 14.2. The largest absolute Gasteiger partial charge is 0.493 e. The van der Waals surface area contributed by atoms with Crippen LogP contribution < -0.4 is 4.74 Å². The van der Waals surface area contributed by atoms with Crippen molar-refractivity contribution in [3.05, 3.63) is 24.0 Å². The number of hydrogen-bond donors (Lipinski definition) is 0. The first kappa shape index (κ1) is 15.6. The highest BCUT2D eigenvalue weighted by Crippen LogP contribution is 2.32. The molecule has 3 nitrogen and oxygen atoms in total. The molecule has 0 N–H and O–H groups in total. The Balaban J connectivity index is 0.000000771. The molecule has 0 aliphatic heterocycles. The van der Waals surface area contributed by atoms with Crippen LogP contribution in [0.5, 0.6) is 5.75 Å². The fourth-order valence-corrected chi connectivity index (χ4v) is 2.96. The van der Waals surface area contributed by atoms with Crippen molar-refractivity contribution >= 4 is 41.4 Å². The normalized spacial score (nSPS) is 10.1. The van der Waals surface area contributed by atoms with Gasteiger partial charge in [-0.2, -0.15) is 0 Å². The second kappa shape index (κ2) is 7.89. The Morgan fingerprint density at radius 3 is 2.78 bits per heavy atom. The molecule has 0 atom stereocenters. The second-order valence-electron chi connectivity index (χ2n) is 3.56. The molecule has 0 radical (unpaired) electrons. The molecule has 100 valence electrons. The SMILES string of the molecule is CC.CCCOc1ccnc2c1c(C)cn2SI. The number of hydrogen-bond acceptors (Lipinski definition) is 3. The zero-order valence-corrected chi connectivity index (χ0v) is 14.2. The molecule has 0 aliphatic carbocycles. The number of fused-ring (bicyclic) bond motifs is 1. The number of aryl methyl sites for hydroxylation is 1. The van der Waals surface area contributed by atoms with Crippen LogP contribution in [-0.4, -0.2) is 15.6 Å². The third-order valence-corrected chi connectivity index (χ3v) is 4.04. The standard InChI is InChI=1S/C11H13IN2OS.C2H6/c1-3-6-15-9-4-5-13-11-10(9)8(2)7-14(11)16-12;1-2/h4-5,7H,3,6H2,1-2H3;1-2H3. The highest BCUT2D eigenvalue weighted by atomic mass is 127. The van der Waals surface area contributed by atoms with Crippen LogP contribution in [-0.2, 0) is 0 Å². The predicted molar refractivity (Wildman–Crippen MR) is 88.6 cm³/mol. The number of rotatable bonds is 4. The van der Waals surface area contributed by atoms with Gasteiger partial charge in [-0.3, -0.25) is 3.97 Å². The van der Waals surface area contributed by atoms with Crippen LogP contribution in [0, 0.1) is 6.92 Å². The average molecular weight is 378 g/mol. The van der Waals surface area contributed by atoms with Crippen LogP contribution in [0.4, 0.5) is 0 Å². The number of aromatic nitrogens is 2. The molecule has 0 spiro atoms. The molecule has 0 saturated heterocycles. The summed E-state index contributed by atoms with van der Waals surface area (Å²) in [5.41, 5.74) is 2.18. The van der Waals surface area contributed by atoms with Crippen LogP contribution in [0.3, 0.4) is 0 Å². The number of ether oxygens (including phenoxy) is 1. The molecule has 18 heavy (non-hydrogen) atoms. The fourth-order valence-electron chi connectivity index (χ4n) is 1.66. The van der Waals surface area contributed by atoms with E-state index < -0.39 is 0 Å². The molecule has 0 amide bonds. The summed E-state index contributed by atoms with van der Waals surface area (Å²) in [6.07, 6.45) is 4.91. The molecule has 0 bridgehead atoms. The third-order valence-electron chi connectivity index (χ3n) is 2.34. The lowest BCUT2D eigenvalue weighted by molar-refractivity contribution is 0.321. The van der Waals surface area contributed by atoms with Crippen LogP contribution in [0.25, 0.3) is 11.0 Å². The van der Waals surface area contributed by atoms with Crippen molar-refractivity contribution in [1.29, 1.82) is 0 Å². The molecule has 2 aromatic heterocycles. The Hall–Kier alpha value is -0.430. The van der Waals surface area contributed by atoms with E-state index in [0.717, 1.165) is 29.8 Å². The lowest BCUT2D eigenvalue weighted by Crippen LogP contribution is -1.96. The lowest BCUT2D eigenvalue weighted by atomic mass is 10.2. The van der Waals surface area contributed by atoms with E-state index in [1.807, 2.05) is 19.9 Å². The van der Waals surface area contributed by atoms with Crippen LogP contribution in [0.2, 0.25) is 0 Å². The van der Waals surface area contributed by atoms with Gasteiger partial charge in [-0.05, 0) is 25.0 Å². The zero-order valence-electron chi connectivity index (χ0n) is 11.2. The molecular weight excluding hydrogens is 359 g/mol. The summed E-state index contributed by atoms with van der Waals surface area (Å²) in [6.45, 7) is 8.95. The summed E-state index contributed by atoms with van der Waals surface area (Å²) in [5.74, 6) is 0.938. The summed E-state index contributed by atoms with van der Waals surface area (Å²) in [4.78, 5) is 4.40. The Labute approximate surface area is 125 Å². The molecule has 2 heterocycles. The third kappa shape index (κ3) is 3.32. The maximum absolute atomic E-state index is 5.74. The summed E-state index contributed by atoms with van der Waals surface area (Å²) in [7, 11) is 1.62. The number of nitrogens with zero attached hydrogens (tertiary/aromatic N) is 2. The molecule has 0 unspecified atom stereocenters. The summed E-state index contributed by atoms with van der Waals surface area (Å²) >= 11 is 2.25. The minimum absolute atomic E-state index is 0.751. The maximum atomic E-state index is 5.74. The first-order valence-corrected chi connectivity index (χ1v) is 9.48. The molecular formula is C13H19IN2OS. The Morgan fingerprint density at radius 2 is 2.17 bits per heavy atom. The molecule has 0 aromatic carbocycles. The lowest BCUT2D eigenvalue weighted by Gasteiger charge is -2.06. The Bertz CT molecular complexity index is 499. The van der Waals surface area contributed by atoms with Crippen LogP contribution in [0.15, 0.2) is 18.5 Å². The summed E-state index contributed by atoms with van der Waals surface area (Å²) in [5, 5.41) is 1.13. The smallest absolute Gasteiger partial charge is 0.154 e. The van der Waals surface area contributed by atoms with Gasteiger partial charge in [-0.1, -0.05) is 20.8 Å². The minimum atomic E-state index is 0.751. The van der Waals surface area contributed by atoms with E-state index in [-0.39, 0.29) is 0 Å². The minimum Gasteiger partial charge on any atom is -0.493 e. The van der Waals surface area contributed by atoms with Crippen molar-refractivity contribution in [2.45, 2.75) is 34.1 Å². The van der Waals surface area contributed by atoms with Crippen molar-refractivity contribution in [3.63, 3.8) is 0 Å². The van der Waals surface area contributed by atoms with Crippen molar-refractivity contribution in [3.8, 4) is 5.75 Å². The van der Waals surface area contributed by atoms with Gasteiger partial charge >= 0.3 is 0 Å². The van der Waals surface area contributed by atoms with Crippen molar-refractivity contribution in [2.24, 2.45) is 0 Å². The number of halogens is 1. The first-order chi connectivity index (χ1) is 8.77. The van der Waals surface area contributed by atoms with Gasteiger partial charge in [0.15, 0.2) is 5.65 Å². The predicted octanol–water partition coefficient (Wildman–Crippen LogP) is 5.01. The average Bonchev–Trinajstić information content (AvgIpc) is 2.76. The summed E-state index contributed by atoms with van der Waals surface area (Å²) in [6, 6.07) is 1.94. The van der Waals surface area contributed by atoms with Crippen LogP contribution in [0.1, 0.15) is 32.8 Å². The van der Waals surface area contributed by atoms with E-state index in [0.29, 0.717) is 0 Å². The quantitative estimate of drug-likeness (QED) is 0.701.